The molecule has 2 amide bonds. The predicted molar refractivity (Wildman–Crippen MR) is 89.9 cm³/mol. The maximum atomic E-state index is 12.9. The van der Waals surface area contributed by atoms with Crippen LogP contribution in [0.15, 0.2) is 36.5 Å². The van der Waals surface area contributed by atoms with Crippen LogP contribution in [-0.2, 0) is 22.7 Å². The van der Waals surface area contributed by atoms with Gasteiger partial charge in [0.25, 0.3) is 0 Å². The fraction of sp³-hybridized carbons (Fsp3) is 0.389. The number of likely N-dealkylation sites (tertiary alicyclic amines) is 1. The highest BCUT2D eigenvalue weighted by Crippen LogP contribution is 2.15. The standard InChI is InChI=1S/C18H21FN4O2/c1-13-6-8-20-23(13)9-7-17(24)21-16-10-18(25)22(12-16)11-14-2-4-15(19)5-3-14/h2-6,8,16H,7,9-12H2,1H3,(H,21,24)/t16-/m0/s1. The topological polar surface area (TPSA) is 67.2 Å². The molecule has 1 aliphatic heterocycles. The van der Waals surface area contributed by atoms with Gasteiger partial charge in [-0.15, -0.1) is 0 Å². The second kappa shape index (κ2) is 7.46. The van der Waals surface area contributed by atoms with Gasteiger partial charge in [0.2, 0.25) is 11.8 Å². The highest BCUT2D eigenvalue weighted by molar-refractivity contribution is 5.82. The molecular formula is C18H21FN4O2. The third-order valence-electron chi connectivity index (χ3n) is 4.35. The van der Waals surface area contributed by atoms with Gasteiger partial charge in [-0.1, -0.05) is 12.1 Å². The largest absolute Gasteiger partial charge is 0.351 e. The fourth-order valence-electron chi connectivity index (χ4n) is 2.97. The molecule has 0 unspecified atom stereocenters. The molecule has 0 aliphatic carbocycles. The van der Waals surface area contributed by atoms with Gasteiger partial charge in [0, 0.05) is 44.4 Å². The molecule has 0 saturated carbocycles. The lowest BCUT2D eigenvalue weighted by Crippen LogP contribution is -2.37. The van der Waals surface area contributed by atoms with Crippen LogP contribution in [-0.4, -0.2) is 39.1 Å². The van der Waals surface area contributed by atoms with E-state index < -0.39 is 0 Å². The van der Waals surface area contributed by atoms with Crippen LogP contribution in [0.2, 0.25) is 0 Å². The number of benzene rings is 1. The van der Waals surface area contributed by atoms with Crippen molar-refractivity contribution in [3.8, 4) is 0 Å². The Morgan fingerprint density at radius 1 is 1.32 bits per heavy atom. The summed E-state index contributed by atoms with van der Waals surface area (Å²) in [6, 6.07) is 7.81. The van der Waals surface area contributed by atoms with E-state index in [-0.39, 0.29) is 23.7 Å². The Bertz CT molecular complexity index is 757. The minimum absolute atomic E-state index is 0.00227. The van der Waals surface area contributed by atoms with Crippen LogP contribution in [0.3, 0.4) is 0 Å². The Kier molecular flexibility index (Phi) is 5.11. The number of hydrogen-bond donors (Lipinski definition) is 1. The minimum Gasteiger partial charge on any atom is -0.351 e. The van der Waals surface area contributed by atoms with Gasteiger partial charge in [-0.05, 0) is 30.7 Å². The van der Waals surface area contributed by atoms with Gasteiger partial charge in [0.05, 0.1) is 6.04 Å². The first-order chi connectivity index (χ1) is 12.0. The minimum atomic E-state index is -0.297. The van der Waals surface area contributed by atoms with E-state index in [0.717, 1.165) is 11.3 Å². The maximum absolute atomic E-state index is 12.9. The highest BCUT2D eigenvalue weighted by atomic mass is 19.1. The number of carbonyl (C=O) groups excluding carboxylic acids is 2. The Morgan fingerprint density at radius 3 is 2.76 bits per heavy atom. The SMILES string of the molecule is Cc1ccnn1CCC(=O)N[C@H]1CC(=O)N(Cc2ccc(F)cc2)C1. The van der Waals surface area contributed by atoms with Crippen molar-refractivity contribution in [1.29, 1.82) is 0 Å². The zero-order chi connectivity index (χ0) is 17.8. The second-order valence-electron chi connectivity index (χ2n) is 6.32. The average Bonchev–Trinajstić information content (AvgIpc) is 3.13. The Morgan fingerprint density at radius 2 is 2.08 bits per heavy atom. The molecule has 25 heavy (non-hydrogen) atoms. The Labute approximate surface area is 145 Å². The van der Waals surface area contributed by atoms with Gasteiger partial charge in [-0.25, -0.2) is 4.39 Å². The summed E-state index contributed by atoms with van der Waals surface area (Å²) in [6.45, 7) is 3.36. The van der Waals surface area contributed by atoms with Crippen molar-refractivity contribution in [2.45, 2.75) is 38.9 Å². The first-order valence-electron chi connectivity index (χ1n) is 8.31. The fourth-order valence-corrected chi connectivity index (χ4v) is 2.97. The lowest BCUT2D eigenvalue weighted by atomic mass is 10.2. The molecule has 1 aromatic carbocycles. The number of nitrogens with one attached hydrogen (secondary N) is 1. The number of halogens is 1. The third kappa shape index (κ3) is 4.43. The molecule has 6 nitrogen and oxygen atoms in total. The van der Waals surface area contributed by atoms with E-state index in [1.54, 1.807) is 27.9 Å². The molecule has 7 heteroatoms. The van der Waals surface area contributed by atoms with Gasteiger partial charge in [-0.3, -0.25) is 14.3 Å². The van der Waals surface area contributed by atoms with Crippen LogP contribution >= 0.6 is 0 Å². The number of carbonyl (C=O) groups is 2. The normalized spacial score (nSPS) is 17.1. The molecule has 0 radical (unpaired) electrons. The van der Waals surface area contributed by atoms with E-state index in [9.17, 15) is 14.0 Å². The van der Waals surface area contributed by atoms with E-state index in [2.05, 4.69) is 10.4 Å². The zero-order valence-corrected chi connectivity index (χ0v) is 14.1. The van der Waals surface area contributed by atoms with Crippen molar-refractivity contribution < 1.29 is 14.0 Å². The summed E-state index contributed by atoms with van der Waals surface area (Å²) >= 11 is 0. The van der Waals surface area contributed by atoms with Crippen LogP contribution < -0.4 is 5.32 Å². The van der Waals surface area contributed by atoms with Gasteiger partial charge >= 0.3 is 0 Å². The van der Waals surface area contributed by atoms with Crippen molar-refractivity contribution in [3.05, 3.63) is 53.6 Å². The maximum Gasteiger partial charge on any atom is 0.225 e. The molecule has 3 rings (SSSR count). The summed E-state index contributed by atoms with van der Waals surface area (Å²) in [4.78, 5) is 25.9. The van der Waals surface area contributed by atoms with Crippen LogP contribution in [0.4, 0.5) is 4.39 Å². The van der Waals surface area contributed by atoms with E-state index in [4.69, 9.17) is 0 Å². The average molecular weight is 344 g/mol. The van der Waals surface area contributed by atoms with E-state index in [1.807, 2.05) is 13.0 Å². The number of rotatable bonds is 6. The molecular weight excluding hydrogens is 323 g/mol. The molecule has 2 aromatic rings. The highest BCUT2D eigenvalue weighted by Gasteiger charge is 2.30. The molecule has 1 fully saturated rings. The quantitative estimate of drug-likeness (QED) is 0.866. The van der Waals surface area contributed by atoms with Gasteiger partial charge < -0.3 is 10.2 Å². The van der Waals surface area contributed by atoms with Crippen molar-refractivity contribution in [2.24, 2.45) is 0 Å². The summed E-state index contributed by atoms with van der Waals surface area (Å²) < 4.78 is 14.7. The van der Waals surface area contributed by atoms with Crippen LogP contribution in [0.25, 0.3) is 0 Å². The molecule has 1 aliphatic rings. The molecule has 1 aromatic heterocycles. The summed E-state index contributed by atoms with van der Waals surface area (Å²) in [5.74, 6) is -0.386. The molecule has 0 bridgehead atoms. The summed E-state index contributed by atoms with van der Waals surface area (Å²) in [5.41, 5.74) is 1.88. The van der Waals surface area contributed by atoms with Gasteiger partial charge in [0.15, 0.2) is 0 Å². The van der Waals surface area contributed by atoms with Gasteiger partial charge in [-0.2, -0.15) is 5.10 Å². The van der Waals surface area contributed by atoms with Crippen LogP contribution in [0, 0.1) is 12.7 Å². The second-order valence-corrected chi connectivity index (χ2v) is 6.32. The van der Waals surface area contributed by atoms with Crippen molar-refractivity contribution >= 4 is 11.8 Å². The first kappa shape index (κ1) is 17.1. The van der Waals surface area contributed by atoms with E-state index >= 15 is 0 Å². The third-order valence-corrected chi connectivity index (χ3v) is 4.35. The Balaban J connectivity index is 1.47. The van der Waals surface area contributed by atoms with Crippen molar-refractivity contribution in [2.75, 3.05) is 6.54 Å². The number of nitrogens with zero attached hydrogens (tertiary/aromatic N) is 3. The summed E-state index contributed by atoms with van der Waals surface area (Å²) in [5, 5.41) is 7.06. The number of aryl methyl sites for hydroxylation is 2. The smallest absolute Gasteiger partial charge is 0.225 e. The first-order valence-corrected chi connectivity index (χ1v) is 8.31. The number of hydrogen-bond acceptors (Lipinski definition) is 3. The Hall–Kier alpha value is -2.70. The molecule has 2 heterocycles. The zero-order valence-electron chi connectivity index (χ0n) is 14.1. The molecule has 1 saturated heterocycles. The van der Waals surface area contributed by atoms with Crippen molar-refractivity contribution in [3.63, 3.8) is 0 Å². The van der Waals surface area contributed by atoms with Crippen LogP contribution in [0.5, 0.6) is 0 Å². The molecule has 1 N–H and O–H groups in total. The van der Waals surface area contributed by atoms with E-state index in [1.165, 1.54) is 12.1 Å². The molecule has 132 valence electrons. The summed E-state index contributed by atoms with van der Waals surface area (Å²) in [7, 11) is 0. The lowest BCUT2D eigenvalue weighted by molar-refractivity contribution is -0.128. The van der Waals surface area contributed by atoms with Crippen LogP contribution in [0.1, 0.15) is 24.1 Å². The number of aromatic nitrogens is 2. The molecule has 0 spiro atoms. The lowest BCUT2D eigenvalue weighted by Gasteiger charge is -2.17. The summed E-state index contributed by atoms with van der Waals surface area (Å²) in [6.07, 6.45) is 2.33. The van der Waals surface area contributed by atoms with Gasteiger partial charge in [0.1, 0.15) is 5.82 Å². The number of amides is 2. The molecule has 1 atom stereocenters. The van der Waals surface area contributed by atoms with Crippen molar-refractivity contribution in [1.82, 2.24) is 20.0 Å². The van der Waals surface area contributed by atoms with E-state index in [0.29, 0.717) is 32.5 Å². The monoisotopic (exact) mass is 344 g/mol. The predicted octanol–water partition coefficient (Wildman–Crippen LogP) is 1.64.